The van der Waals surface area contributed by atoms with Gasteiger partial charge in [-0.3, -0.25) is 0 Å². The Morgan fingerprint density at radius 1 is 1.50 bits per heavy atom. The summed E-state index contributed by atoms with van der Waals surface area (Å²) in [5.41, 5.74) is 0. The highest BCUT2D eigenvalue weighted by molar-refractivity contribution is 7.89. The zero-order valence-electron chi connectivity index (χ0n) is 10.9. The van der Waals surface area contributed by atoms with E-state index in [9.17, 15) is 8.42 Å². The highest BCUT2D eigenvalue weighted by Gasteiger charge is 2.18. The monoisotopic (exact) mass is 292 g/mol. The molecule has 7 heteroatoms. The Morgan fingerprint density at radius 3 is 2.83 bits per heavy atom. The van der Waals surface area contributed by atoms with Crippen molar-refractivity contribution in [3.8, 4) is 0 Å². The summed E-state index contributed by atoms with van der Waals surface area (Å²) in [6.07, 6.45) is 0. The highest BCUT2D eigenvalue weighted by Crippen LogP contribution is 2.19. The van der Waals surface area contributed by atoms with Crippen LogP contribution in [-0.4, -0.2) is 34.7 Å². The molecule has 0 spiro atoms. The lowest BCUT2D eigenvalue weighted by Gasteiger charge is -2.11. The Labute approximate surface area is 113 Å². The van der Waals surface area contributed by atoms with E-state index < -0.39 is 10.0 Å². The summed E-state index contributed by atoms with van der Waals surface area (Å²) in [6.45, 7) is 5.70. The molecule has 1 aromatic heterocycles. The van der Waals surface area contributed by atoms with Gasteiger partial charge in [0.25, 0.3) is 0 Å². The van der Waals surface area contributed by atoms with Gasteiger partial charge in [0.2, 0.25) is 10.0 Å². The van der Waals surface area contributed by atoms with Crippen LogP contribution < -0.4 is 10.0 Å². The molecule has 0 fully saturated rings. The first-order valence-corrected chi connectivity index (χ1v) is 8.15. The highest BCUT2D eigenvalue weighted by atomic mass is 32.2. The van der Waals surface area contributed by atoms with Crippen LogP contribution in [0.2, 0.25) is 0 Å². The molecule has 0 amide bonds. The summed E-state index contributed by atoms with van der Waals surface area (Å²) in [6, 6.07) is 1.46. The molecule has 18 heavy (non-hydrogen) atoms. The van der Waals surface area contributed by atoms with Crippen molar-refractivity contribution >= 4 is 21.4 Å². The second-order valence-electron chi connectivity index (χ2n) is 4.01. The zero-order chi connectivity index (χ0) is 13.6. The number of sulfonamides is 1. The van der Waals surface area contributed by atoms with E-state index in [2.05, 4.69) is 10.0 Å². The third kappa shape index (κ3) is 4.66. The fourth-order valence-electron chi connectivity index (χ4n) is 1.46. The quantitative estimate of drug-likeness (QED) is 0.755. The number of ether oxygens (including phenoxy) is 1. The molecule has 5 nitrogen and oxygen atoms in total. The molecular weight excluding hydrogens is 272 g/mol. The van der Waals surface area contributed by atoms with Crippen molar-refractivity contribution in [2.24, 2.45) is 0 Å². The van der Waals surface area contributed by atoms with E-state index in [1.165, 1.54) is 11.3 Å². The normalized spacial score (nSPS) is 13.7. The summed E-state index contributed by atoms with van der Waals surface area (Å²) in [5.74, 6) is 0. The lowest BCUT2D eigenvalue weighted by atomic mass is 10.4. The first-order chi connectivity index (χ1) is 8.49. The molecule has 0 aliphatic heterocycles. The molecule has 0 aliphatic rings. The molecule has 2 N–H and O–H groups in total. The van der Waals surface area contributed by atoms with E-state index in [-0.39, 0.29) is 6.04 Å². The van der Waals surface area contributed by atoms with Gasteiger partial charge in [-0.25, -0.2) is 13.1 Å². The van der Waals surface area contributed by atoms with Crippen LogP contribution in [0.4, 0.5) is 0 Å². The Bertz CT molecular complexity index is 457. The predicted molar refractivity (Wildman–Crippen MR) is 73.4 cm³/mol. The third-order valence-electron chi connectivity index (χ3n) is 2.26. The van der Waals surface area contributed by atoms with Gasteiger partial charge in [-0.1, -0.05) is 6.92 Å². The Balaban J connectivity index is 2.69. The van der Waals surface area contributed by atoms with Gasteiger partial charge in [-0.15, -0.1) is 11.3 Å². The topological polar surface area (TPSA) is 67.4 Å². The number of nitrogens with one attached hydrogen (secondary N) is 2. The van der Waals surface area contributed by atoms with Crippen LogP contribution in [0.5, 0.6) is 0 Å². The molecule has 0 saturated carbocycles. The molecule has 0 aliphatic carbocycles. The SMILES string of the molecule is CCNCc1cc(S(=O)(=O)NC(C)COC)cs1. The van der Waals surface area contributed by atoms with E-state index in [1.54, 1.807) is 25.5 Å². The second-order valence-corrected chi connectivity index (χ2v) is 6.72. The predicted octanol–water partition coefficient (Wildman–Crippen LogP) is 1.17. The number of methoxy groups -OCH3 is 1. The molecule has 1 atom stereocenters. The van der Waals surface area contributed by atoms with Crippen molar-refractivity contribution in [2.75, 3.05) is 20.3 Å². The maximum absolute atomic E-state index is 12.0. The Kier molecular flexibility index (Phi) is 6.24. The van der Waals surface area contributed by atoms with Crippen molar-refractivity contribution in [1.82, 2.24) is 10.0 Å². The van der Waals surface area contributed by atoms with Gasteiger partial charge in [-0.2, -0.15) is 0 Å². The van der Waals surface area contributed by atoms with Gasteiger partial charge in [-0.05, 0) is 19.5 Å². The van der Waals surface area contributed by atoms with Crippen molar-refractivity contribution in [1.29, 1.82) is 0 Å². The van der Waals surface area contributed by atoms with Crippen LogP contribution in [-0.2, 0) is 21.3 Å². The van der Waals surface area contributed by atoms with Crippen LogP contribution in [0, 0.1) is 0 Å². The summed E-state index contributed by atoms with van der Waals surface area (Å²) in [4.78, 5) is 1.33. The van der Waals surface area contributed by atoms with Crippen LogP contribution >= 0.6 is 11.3 Å². The van der Waals surface area contributed by atoms with Crippen LogP contribution in [0.25, 0.3) is 0 Å². The summed E-state index contributed by atoms with van der Waals surface area (Å²) in [7, 11) is -1.89. The lowest BCUT2D eigenvalue weighted by Crippen LogP contribution is -2.35. The molecule has 1 aromatic rings. The lowest BCUT2D eigenvalue weighted by molar-refractivity contribution is 0.180. The fraction of sp³-hybridized carbons (Fsp3) is 0.636. The molecule has 0 aromatic carbocycles. The van der Waals surface area contributed by atoms with Gasteiger partial charge < -0.3 is 10.1 Å². The first-order valence-electron chi connectivity index (χ1n) is 5.79. The summed E-state index contributed by atoms with van der Waals surface area (Å²) < 4.78 is 31.5. The minimum absolute atomic E-state index is 0.239. The molecule has 0 radical (unpaired) electrons. The molecule has 1 rings (SSSR count). The maximum Gasteiger partial charge on any atom is 0.241 e. The average Bonchev–Trinajstić information content (AvgIpc) is 2.75. The van der Waals surface area contributed by atoms with E-state index in [4.69, 9.17) is 4.74 Å². The number of hydrogen-bond donors (Lipinski definition) is 2. The van der Waals surface area contributed by atoms with Gasteiger partial charge in [0, 0.05) is 30.0 Å². The van der Waals surface area contributed by atoms with Gasteiger partial charge in [0.1, 0.15) is 0 Å². The second kappa shape index (κ2) is 7.20. The van der Waals surface area contributed by atoms with Crippen LogP contribution in [0.1, 0.15) is 18.7 Å². The van der Waals surface area contributed by atoms with Crippen LogP contribution in [0.3, 0.4) is 0 Å². The fourth-order valence-corrected chi connectivity index (χ4v) is 3.93. The van der Waals surface area contributed by atoms with Gasteiger partial charge in [0.15, 0.2) is 0 Å². The standard InChI is InChI=1S/C11H20N2O3S2/c1-4-12-6-10-5-11(8-17-10)18(14,15)13-9(2)7-16-3/h5,8-9,12-13H,4,6-7H2,1-3H3. The van der Waals surface area contributed by atoms with Crippen molar-refractivity contribution in [3.05, 3.63) is 16.3 Å². The third-order valence-corrected chi connectivity index (χ3v) is 4.92. The smallest absolute Gasteiger partial charge is 0.241 e. The summed E-state index contributed by atoms with van der Waals surface area (Å²) >= 11 is 1.44. The maximum atomic E-state index is 12.0. The van der Waals surface area contributed by atoms with Crippen molar-refractivity contribution in [2.45, 2.75) is 31.3 Å². The molecular formula is C11H20N2O3S2. The Hall–Kier alpha value is -0.470. The van der Waals surface area contributed by atoms with E-state index in [0.29, 0.717) is 18.0 Å². The summed E-state index contributed by atoms with van der Waals surface area (Å²) in [5, 5.41) is 4.83. The Morgan fingerprint density at radius 2 is 2.22 bits per heavy atom. The first kappa shape index (κ1) is 15.6. The van der Waals surface area contributed by atoms with Crippen molar-refractivity contribution < 1.29 is 13.2 Å². The molecule has 104 valence electrons. The zero-order valence-corrected chi connectivity index (χ0v) is 12.5. The average molecular weight is 292 g/mol. The van der Waals surface area contributed by atoms with Crippen LogP contribution in [0.15, 0.2) is 16.3 Å². The van der Waals surface area contributed by atoms with Crippen molar-refractivity contribution in [3.63, 3.8) is 0 Å². The molecule has 1 unspecified atom stereocenters. The number of thiophene rings is 1. The van der Waals surface area contributed by atoms with Gasteiger partial charge in [0.05, 0.1) is 11.5 Å². The minimum atomic E-state index is -3.43. The largest absolute Gasteiger partial charge is 0.383 e. The molecule has 1 heterocycles. The number of hydrogen-bond acceptors (Lipinski definition) is 5. The molecule has 0 saturated heterocycles. The van der Waals surface area contributed by atoms with E-state index in [1.807, 2.05) is 6.92 Å². The van der Waals surface area contributed by atoms with Gasteiger partial charge >= 0.3 is 0 Å². The minimum Gasteiger partial charge on any atom is -0.383 e. The molecule has 0 bridgehead atoms. The number of rotatable bonds is 8. The van der Waals surface area contributed by atoms with E-state index in [0.717, 1.165) is 11.4 Å². The van der Waals surface area contributed by atoms with E-state index >= 15 is 0 Å².